The molecule has 3 aromatic rings. The first-order valence-corrected chi connectivity index (χ1v) is 7.00. The van der Waals surface area contributed by atoms with Gasteiger partial charge in [0.15, 0.2) is 17.4 Å². The Balaban J connectivity index is 2.33. The summed E-state index contributed by atoms with van der Waals surface area (Å²) in [4.78, 5) is 24.9. The van der Waals surface area contributed by atoms with Crippen molar-refractivity contribution < 1.29 is 4.79 Å². The van der Waals surface area contributed by atoms with E-state index in [4.69, 9.17) is 0 Å². The number of nitrogens with one attached hydrogen (secondary N) is 1. The number of carbonyl (C=O) groups excluding carboxylic acids is 1. The van der Waals surface area contributed by atoms with Crippen molar-refractivity contribution in [3.8, 4) is 11.4 Å². The van der Waals surface area contributed by atoms with Gasteiger partial charge in [-0.25, -0.2) is 14.5 Å². The fourth-order valence-corrected chi connectivity index (χ4v) is 2.22. The largest absolute Gasteiger partial charge is 0.366 e. The monoisotopic (exact) mass is 296 g/mol. The highest BCUT2D eigenvalue weighted by molar-refractivity contribution is 5.95. The first-order valence-electron chi connectivity index (χ1n) is 7.00. The van der Waals surface area contributed by atoms with Crippen molar-refractivity contribution in [2.45, 2.75) is 26.8 Å². The number of imidazole rings is 1. The van der Waals surface area contributed by atoms with Crippen molar-refractivity contribution in [2.24, 2.45) is 0 Å². The van der Waals surface area contributed by atoms with Gasteiger partial charge < -0.3 is 5.32 Å². The third-order valence-electron chi connectivity index (χ3n) is 3.08. The smallest absolute Gasteiger partial charge is 0.198 e. The molecule has 0 aromatic carbocycles. The van der Waals surface area contributed by atoms with E-state index in [-0.39, 0.29) is 17.6 Å². The van der Waals surface area contributed by atoms with Crippen LogP contribution in [-0.2, 0) is 0 Å². The topological polar surface area (TPSA) is 85.1 Å². The van der Waals surface area contributed by atoms with Gasteiger partial charge in [-0.2, -0.15) is 5.10 Å². The molecule has 0 radical (unpaired) electrons. The Bertz CT molecular complexity index is 825. The van der Waals surface area contributed by atoms with E-state index >= 15 is 0 Å². The van der Waals surface area contributed by atoms with Crippen LogP contribution in [0.3, 0.4) is 0 Å². The molecule has 0 fully saturated rings. The number of nitrogens with zero attached hydrogens (tertiary/aromatic N) is 5. The molecule has 22 heavy (non-hydrogen) atoms. The second-order valence-corrected chi connectivity index (χ2v) is 5.22. The van der Waals surface area contributed by atoms with E-state index in [0.29, 0.717) is 22.7 Å². The average Bonchev–Trinajstić information content (AvgIpc) is 2.88. The van der Waals surface area contributed by atoms with Crippen molar-refractivity contribution in [2.75, 3.05) is 5.32 Å². The summed E-state index contributed by atoms with van der Waals surface area (Å²) < 4.78 is 1.52. The zero-order valence-electron chi connectivity index (χ0n) is 12.6. The standard InChI is InChI=1S/C15H16N6O/c1-9(2)19-14-13-12(11-6-4-5-7-16-11)20-15(10(3)22)21(13)18-8-17-14/h4-9H,1-3H3,(H,17,18,19). The molecule has 0 aliphatic heterocycles. The van der Waals surface area contributed by atoms with Gasteiger partial charge in [0, 0.05) is 19.2 Å². The molecule has 0 bridgehead atoms. The highest BCUT2D eigenvalue weighted by Crippen LogP contribution is 2.27. The molecule has 0 spiro atoms. The number of hydrogen-bond donors (Lipinski definition) is 1. The van der Waals surface area contributed by atoms with Gasteiger partial charge in [-0.05, 0) is 26.0 Å². The van der Waals surface area contributed by atoms with E-state index in [2.05, 4.69) is 25.4 Å². The third kappa shape index (κ3) is 2.41. The minimum Gasteiger partial charge on any atom is -0.366 e. The van der Waals surface area contributed by atoms with Crippen molar-refractivity contribution in [3.05, 3.63) is 36.5 Å². The molecule has 0 amide bonds. The number of fused-ring (bicyclic) bond motifs is 1. The predicted octanol–water partition coefficient (Wildman–Crippen LogP) is 2.21. The number of pyridine rings is 1. The lowest BCUT2D eigenvalue weighted by Crippen LogP contribution is -2.13. The summed E-state index contributed by atoms with van der Waals surface area (Å²) in [6.07, 6.45) is 3.10. The highest BCUT2D eigenvalue weighted by atomic mass is 16.1. The summed E-state index contributed by atoms with van der Waals surface area (Å²) in [5.41, 5.74) is 1.92. The molecule has 0 saturated heterocycles. The van der Waals surface area contributed by atoms with Crippen LogP contribution in [0.15, 0.2) is 30.7 Å². The Morgan fingerprint density at radius 1 is 1.27 bits per heavy atom. The average molecular weight is 296 g/mol. The van der Waals surface area contributed by atoms with Crippen molar-refractivity contribution in [3.63, 3.8) is 0 Å². The molecule has 7 nitrogen and oxygen atoms in total. The number of hydrogen-bond acceptors (Lipinski definition) is 6. The molecule has 1 N–H and O–H groups in total. The highest BCUT2D eigenvalue weighted by Gasteiger charge is 2.21. The van der Waals surface area contributed by atoms with Crippen LogP contribution in [0.25, 0.3) is 16.9 Å². The molecule has 7 heteroatoms. The van der Waals surface area contributed by atoms with Crippen LogP contribution >= 0.6 is 0 Å². The minimum atomic E-state index is -0.161. The van der Waals surface area contributed by atoms with Crippen LogP contribution in [-0.4, -0.2) is 36.4 Å². The Kier molecular flexibility index (Phi) is 3.54. The van der Waals surface area contributed by atoms with E-state index in [1.54, 1.807) is 6.20 Å². The predicted molar refractivity (Wildman–Crippen MR) is 82.8 cm³/mol. The maximum atomic E-state index is 11.9. The van der Waals surface area contributed by atoms with Gasteiger partial charge in [0.1, 0.15) is 17.5 Å². The SMILES string of the molecule is CC(=O)c1nc(-c2ccccn2)c2c(NC(C)C)ncnn12. The maximum absolute atomic E-state index is 11.9. The third-order valence-corrected chi connectivity index (χ3v) is 3.08. The van der Waals surface area contributed by atoms with Crippen LogP contribution < -0.4 is 5.32 Å². The van der Waals surface area contributed by atoms with Crippen molar-refractivity contribution in [1.29, 1.82) is 0 Å². The Labute approximate surface area is 127 Å². The van der Waals surface area contributed by atoms with E-state index in [1.165, 1.54) is 17.8 Å². The van der Waals surface area contributed by atoms with E-state index in [0.717, 1.165) is 0 Å². The zero-order valence-corrected chi connectivity index (χ0v) is 12.6. The molecule has 0 aliphatic rings. The van der Waals surface area contributed by atoms with Gasteiger partial charge in [0.25, 0.3) is 0 Å². The molecule has 3 rings (SSSR count). The Hall–Kier alpha value is -2.83. The lowest BCUT2D eigenvalue weighted by molar-refractivity contribution is 0.100. The fourth-order valence-electron chi connectivity index (χ4n) is 2.22. The summed E-state index contributed by atoms with van der Waals surface area (Å²) in [5.74, 6) is 0.738. The number of Topliss-reactive ketones (excluding diaryl/α,β-unsaturated/α-hetero) is 1. The fraction of sp³-hybridized carbons (Fsp3) is 0.267. The number of carbonyl (C=O) groups is 1. The molecular weight excluding hydrogens is 280 g/mol. The van der Waals surface area contributed by atoms with Gasteiger partial charge in [0.05, 0.1) is 5.69 Å². The number of rotatable bonds is 4. The summed E-state index contributed by atoms with van der Waals surface area (Å²) in [6, 6.07) is 5.74. The molecule has 112 valence electrons. The quantitative estimate of drug-likeness (QED) is 0.743. The summed E-state index contributed by atoms with van der Waals surface area (Å²) in [5, 5.41) is 7.43. The van der Waals surface area contributed by atoms with Crippen LogP contribution in [0.5, 0.6) is 0 Å². The Morgan fingerprint density at radius 2 is 2.09 bits per heavy atom. The lowest BCUT2D eigenvalue weighted by Gasteiger charge is -2.10. The molecule has 3 aromatic heterocycles. The van der Waals surface area contributed by atoms with Crippen LogP contribution in [0.4, 0.5) is 5.82 Å². The molecule has 0 saturated carbocycles. The van der Waals surface area contributed by atoms with Crippen molar-refractivity contribution >= 4 is 17.1 Å². The zero-order chi connectivity index (χ0) is 15.7. The second-order valence-electron chi connectivity index (χ2n) is 5.22. The van der Waals surface area contributed by atoms with Gasteiger partial charge in [-0.3, -0.25) is 9.78 Å². The van der Waals surface area contributed by atoms with E-state index < -0.39 is 0 Å². The van der Waals surface area contributed by atoms with Crippen LogP contribution in [0, 0.1) is 0 Å². The Morgan fingerprint density at radius 3 is 2.73 bits per heavy atom. The molecule has 0 atom stereocenters. The molecule has 0 unspecified atom stereocenters. The first-order chi connectivity index (χ1) is 10.6. The molecular formula is C15H16N6O. The van der Waals surface area contributed by atoms with Crippen LogP contribution in [0.2, 0.25) is 0 Å². The van der Waals surface area contributed by atoms with Gasteiger partial charge >= 0.3 is 0 Å². The van der Waals surface area contributed by atoms with Gasteiger partial charge in [0.2, 0.25) is 0 Å². The summed E-state index contributed by atoms with van der Waals surface area (Å²) in [6.45, 7) is 5.50. The van der Waals surface area contributed by atoms with Crippen molar-refractivity contribution in [1.82, 2.24) is 24.6 Å². The summed E-state index contributed by atoms with van der Waals surface area (Å²) in [7, 11) is 0. The first kappa shape index (κ1) is 14.1. The van der Waals surface area contributed by atoms with Gasteiger partial charge in [-0.1, -0.05) is 6.07 Å². The molecule has 3 heterocycles. The normalized spacial score (nSPS) is 11.1. The minimum absolute atomic E-state index is 0.161. The number of anilines is 1. The lowest BCUT2D eigenvalue weighted by atomic mass is 10.2. The summed E-state index contributed by atoms with van der Waals surface area (Å²) >= 11 is 0. The molecule has 0 aliphatic carbocycles. The number of aromatic nitrogens is 5. The van der Waals surface area contributed by atoms with Gasteiger partial charge in [-0.15, -0.1) is 0 Å². The van der Waals surface area contributed by atoms with Crippen LogP contribution in [0.1, 0.15) is 31.4 Å². The number of ketones is 1. The maximum Gasteiger partial charge on any atom is 0.198 e. The second kappa shape index (κ2) is 5.51. The van der Waals surface area contributed by atoms with E-state index in [9.17, 15) is 4.79 Å². The van der Waals surface area contributed by atoms with E-state index in [1.807, 2.05) is 32.0 Å².